The lowest BCUT2D eigenvalue weighted by atomic mass is 10.1. The Hall–Kier alpha value is -1.84. The summed E-state index contributed by atoms with van der Waals surface area (Å²) in [4.78, 5) is 25.8. The number of rotatable bonds is 5. The first-order chi connectivity index (χ1) is 9.60. The predicted octanol–water partition coefficient (Wildman–Crippen LogP) is 1.95. The second-order valence-corrected chi connectivity index (χ2v) is 5.48. The van der Waals surface area contributed by atoms with Crippen LogP contribution in [0.2, 0.25) is 0 Å². The molecule has 2 amide bonds. The van der Waals surface area contributed by atoms with E-state index in [-0.39, 0.29) is 23.8 Å². The van der Waals surface area contributed by atoms with E-state index in [2.05, 4.69) is 5.32 Å². The van der Waals surface area contributed by atoms with Crippen LogP contribution in [-0.2, 0) is 16.1 Å². The van der Waals surface area contributed by atoms with E-state index >= 15 is 0 Å². The molecule has 4 heteroatoms. The van der Waals surface area contributed by atoms with Crippen molar-refractivity contribution in [3.8, 4) is 0 Å². The van der Waals surface area contributed by atoms with Gasteiger partial charge in [0.25, 0.3) is 0 Å². The van der Waals surface area contributed by atoms with Gasteiger partial charge in [0.2, 0.25) is 11.8 Å². The molecular formula is C16H22N2O2. The molecule has 0 spiro atoms. The van der Waals surface area contributed by atoms with Gasteiger partial charge in [-0.1, -0.05) is 37.3 Å². The number of carbonyl (C=O) groups excluding carboxylic acids is 2. The van der Waals surface area contributed by atoms with Gasteiger partial charge in [-0.3, -0.25) is 9.59 Å². The van der Waals surface area contributed by atoms with Gasteiger partial charge >= 0.3 is 0 Å². The second kappa shape index (κ2) is 6.55. The van der Waals surface area contributed by atoms with Crippen LogP contribution in [0, 0.1) is 5.92 Å². The SMILES string of the molecule is CC[C@H](C)NC(=O)[C@H]1CC(=O)N(Cc2ccccc2)C1. The highest BCUT2D eigenvalue weighted by molar-refractivity contribution is 5.89. The Bertz CT molecular complexity index is 473. The summed E-state index contributed by atoms with van der Waals surface area (Å²) in [5.41, 5.74) is 1.10. The van der Waals surface area contributed by atoms with Crippen molar-refractivity contribution in [2.45, 2.75) is 39.3 Å². The third-order valence-corrected chi connectivity index (χ3v) is 3.80. The Morgan fingerprint density at radius 3 is 2.75 bits per heavy atom. The number of carbonyl (C=O) groups is 2. The van der Waals surface area contributed by atoms with Crippen molar-refractivity contribution >= 4 is 11.8 Å². The molecule has 2 rings (SSSR count). The maximum Gasteiger partial charge on any atom is 0.225 e. The normalized spacial score (nSPS) is 20.0. The van der Waals surface area contributed by atoms with Crippen LogP contribution in [0.15, 0.2) is 30.3 Å². The molecule has 0 unspecified atom stereocenters. The van der Waals surface area contributed by atoms with Gasteiger partial charge in [-0.2, -0.15) is 0 Å². The molecule has 0 aromatic heterocycles. The minimum atomic E-state index is -0.208. The lowest BCUT2D eigenvalue weighted by Crippen LogP contribution is -2.38. The zero-order chi connectivity index (χ0) is 14.5. The molecule has 0 bridgehead atoms. The molecule has 1 N–H and O–H groups in total. The molecule has 1 heterocycles. The summed E-state index contributed by atoms with van der Waals surface area (Å²) in [6.45, 7) is 5.13. The van der Waals surface area contributed by atoms with Crippen LogP contribution < -0.4 is 5.32 Å². The van der Waals surface area contributed by atoms with Crippen molar-refractivity contribution in [1.82, 2.24) is 10.2 Å². The lowest BCUT2D eigenvalue weighted by Gasteiger charge is -2.18. The van der Waals surface area contributed by atoms with Crippen LogP contribution in [0.3, 0.4) is 0 Å². The second-order valence-electron chi connectivity index (χ2n) is 5.48. The Kier molecular flexibility index (Phi) is 4.77. The Morgan fingerprint density at radius 2 is 2.10 bits per heavy atom. The average molecular weight is 274 g/mol. The predicted molar refractivity (Wildman–Crippen MR) is 77.9 cm³/mol. The minimum absolute atomic E-state index is 0.00302. The first kappa shape index (κ1) is 14.6. The summed E-state index contributed by atoms with van der Waals surface area (Å²) in [6.07, 6.45) is 1.23. The molecule has 0 radical (unpaired) electrons. The number of nitrogens with zero attached hydrogens (tertiary/aromatic N) is 1. The number of amides is 2. The summed E-state index contributed by atoms with van der Waals surface area (Å²) in [5.74, 6) is -0.137. The van der Waals surface area contributed by atoms with Crippen molar-refractivity contribution in [1.29, 1.82) is 0 Å². The first-order valence-electron chi connectivity index (χ1n) is 7.22. The third-order valence-electron chi connectivity index (χ3n) is 3.80. The minimum Gasteiger partial charge on any atom is -0.353 e. The van der Waals surface area contributed by atoms with Gasteiger partial charge in [-0.15, -0.1) is 0 Å². The highest BCUT2D eigenvalue weighted by Crippen LogP contribution is 2.20. The van der Waals surface area contributed by atoms with Gasteiger partial charge in [-0.05, 0) is 18.9 Å². The first-order valence-corrected chi connectivity index (χ1v) is 7.22. The van der Waals surface area contributed by atoms with Crippen molar-refractivity contribution in [3.63, 3.8) is 0 Å². The molecule has 1 fully saturated rings. The number of benzene rings is 1. The van der Waals surface area contributed by atoms with Gasteiger partial charge in [0.05, 0.1) is 5.92 Å². The van der Waals surface area contributed by atoms with Gasteiger partial charge in [0, 0.05) is 25.6 Å². The summed E-state index contributed by atoms with van der Waals surface area (Å²) >= 11 is 0. The lowest BCUT2D eigenvalue weighted by molar-refractivity contribution is -0.129. The molecule has 1 aromatic carbocycles. The maximum absolute atomic E-state index is 12.1. The van der Waals surface area contributed by atoms with Crippen LogP contribution >= 0.6 is 0 Å². The number of hydrogen-bond acceptors (Lipinski definition) is 2. The highest BCUT2D eigenvalue weighted by atomic mass is 16.2. The molecule has 0 saturated carbocycles. The van der Waals surface area contributed by atoms with E-state index in [1.54, 1.807) is 4.90 Å². The van der Waals surface area contributed by atoms with Crippen LogP contribution in [0.1, 0.15) is 32.3 Å². The van der Waals surface area contributed by atoms with Crippen molar-refractivity contribution < 1.29 is 9.59 Å². The Morgan fingerprint density at radius 1 is 1.40 bits per heavy atom. The highest BCUT2D eigenvalue weighted by Gasteiger charge is 2.34. The van der Waals surface area contributed by atoms with E-state index in [0.29, 0.717) is 19.5 Å². The molecule has 4 nitrogen and oxygen atoms in total. The van der Waals surface area contributed by atoms with E-state index in [4.69, 9.17) is 0 Å². The number of likely N-dealkylation sites (tertiary alicyclic amines) is 1. The molecule has 108 valence electrons. The zero-order valence-electron chi connectivity index (χ0n) is 12.1. The van der Waals surface area contributed by atoms with Gasteiger partial charge < -0.3 is 10.2 Å². The van der Waals surface area contributed by atoms with Gasteiger partial charge in [0.1, 0.15) is 0 Å². The van der Waals surface area contributed by atoms with E-state index in [9.17, 15) is 9.59 Å². The number of hydrogen-bond donors (Lipinski definition) is 1. The van der Waals surface area contributed by atoms with Gasteiger partial charge in [-0.25, -0.2) is 0 Å². The number of nitrogens with one attached hydrogen (secondary N) is 1. The molecule has 0 aliphatic carbocycles. The third kappa shape index (κ3) is 3.59. The smallest absolute Gasteiger partial charge is 0.225 e. The van der Waals surface area contributed by atoms with Crippen LogP contribution in [0.5, 0.6) is 0 Å². The topological polar surface area (TPSA) is 49.4 Å². The van der Waals surface area contributed by atoms with Crippen molar-refractivity contribution in [2.75, 3.05) is 6.54 Å². The summed E-state index contributed by atoms with van der Waals surface area (Å²) in [7, 11) is 0. The van der Waals surface area contributed by atoms with E-state index in [1.807, 2.05) is 44.2 Å². The molecule has 1 aromatic rings. The molecule has 2 atom stereocenters. The Balaban J connectivity index is 1.92. The Labute approximate surface area is 120 Å². The van der Waals surface area contributed by atoms with Crippen LogP contribution in [-0.4, -0.2) is 29.3 Å². The van der Waals surface area contributed by atoms with E-state index in [1.165, 1.54) is 0 Å². The quantitative estimate of drug-likeness (QED) is 0.892. The molecule has 1 saturated heterocycles. The summed E-state index contributed by atoms with van der Waals surface area (Å²) in [6, 6.07) is 10.0. The van der Waals surface area contributed by atoms with Crippen molar-refractivity contribution in [3.05, 3.63) is 35.9 Å². The van der Waals surface area contributed by atoms with E-state index < -0.39 is 0 Å². The fourth-order valence-electron chi connectivity index (χ4n) is 2.37. The summed E-state index contributed by atoms with van der Waals surface area (Å²) in [5, 5.41) is 2.96. The van der Waals surface area contributed by atoms with Crippen LogP contribution in [0.4, 0.5) is 0 Å². The average Bonchev–Trinajstić information content (AvgIpc) is 2.81. The standard InChI is InChI=1S/C16H22N2O2/c1-3-12(2)17-16(20)14-9-15(19)18(11-14)10-13-7-5-4-6-8-13/h4-8,12,14H,3,9-11H2,1-2H3,(H,17,20)/t12-,14-/m0/s1. The van der Waals surface area contributed by atoms with Gasteiger partial charge in [0.15, 0.2) is 0 Å². The molecule has 1 aliphatic heterocycles. The molecular weight excluding hydrogens is 252 g/mol. The monoisotopic (exact) mass is 274 g/mol. The maximum atomic E-state index is 12.1. The largest absolute Gasteiger partial charge is 0.353 e. The van der Waals surface area contributed by atoms with Crippen molar-refractivity contribution in [2.24, 2.45) is 5.92 Å². The fraction of sp³-hybridized carbons (Fsp3) is 0.500. The molecule has 20 heavy (non-hydrogen) atoms. The zero-order valence-corrected chi connectivity index (χ0v) is 12.1. The summed E-state index contributed by atoms with van der Waals surface area (Å²) < 4.78 is 0. The van der Waals surface area contributed by atoms with Crippen LogP contribution in [0.25, 0.3) is 0 Å². The fourth-order valence-corrected chi connectivity index (χ4v) is 2.37. The van der Waals surface area contributed by atoms with E-state index in [0.717, 1.165) is 12.0 Å². The molecule has 1 aliphatic rings.